The molecule has 128 valence electrons. The monoisotopic (exact) mass is 358 g/mol. The molecule has 0 spiro atoms. The first kappa shape index (κ1) is 16.9. The molecule has 1 aromatic heterocycles. The van der Waals surface area contributed by atoms with E-state index in [2.05, 4.69) is 0 Å². The van der Waals surface area contributed by atoms with E-state index in [0.717, 1.165) is 4.57 Å². The molecule has 2 aromatic carbocycles. The van der Waals surface area contributed by atoms with Crippen LogP contribution in [-0.4, -0.2) is 23.4 Å². The van der Waals surface area contributed by atoms with Crippen LogP contribution in [0.15, 0.2) is 64.2 Å². The molecule has 7 heteroatoms. The highest BCUT2D eigenvalue weighted by Crippen LogP contribution is 2.18. The van der Waals surface area contributed by atoms with Crippen LogP contribution in [0.4, 0.5) is 0 Å². The van der Waals surface area contributed by atoms with Crippen LogP contribution < -0.4 is 20.7 Å². The Balaban J connectivity index is 2.20. The average Bonchev–Trinajstić information content (AvgIpc) is 2.62. The van der Waals surface area contributed by atoms with Gasteiger partial charge in [0.2, 0.25) is 0 Å². The zero-order valence-corrected chi connectivity index (χ0v) is 14.4. The van der Waals surface area contributed by atoms with Gasteiger partial charge in [-0.25, -0.2) is 9.36 Å². The van der Waals surface area contributed by atoms with E-state index in [1.807, 2.05) is 0 Å². The van der Waals surface area contributed by atoms with E-state index < -0.39 is 11.2 Å². The molecule has 0 saturated carbocycles. The predicted molar refractivity (Wildman–Crippen MR) is 95.8 cm³/mol. The second-order valence-electron chi connectivity index (χ2n) is 5.15. The van der Waals surface area contributed by atoms with Crippen LogP contribution in [0.25, 0.3) is 11.4 Å². The summed E-state index contributed by atoms with van der Waals surface area (Å²) in [7, 11) is 3.10. The Bertz CT molecular complexity index is 1010. The van der Waals surface area contributed by atoms with Crippen LogP contribution in [0, 0.1) is 0 Å². The first-order valence-electron chi connectivity index (χ1n) is 7.38. The number of nitrogens with zero attached hydrogens (tertiary/aromatic N) is 2. The molecule has 25 heavy (non-hydrogen) atoms. The molecule has 0 aliphatic rings. The number of halogens is 1. The minimum absolute atomic E-state index is 0.0323. The van der Waals surface area contributed by atoms with E-state index >= 15 is 0 Å². The number of rotatable bonds is 4. The number of hydrogen-bond donors (Lipinski definition) is 0. The van der Waals surface area contributed by atoms with Gasteiger partial charge in [-0.2, -0.15) is 0 Å². The lowest BCUT2D eigenvalue weighted by Gasteiger charge is -2.13. The Kier molecular flexibility index (Phi) is 4.63. The highest BCUT2D eigenvalue weighted by atomic mass is 35.5. The fraction of sp³-hybridized carbons (Fsp3) is 0.111. The Morgan fingerprint density at radius 2 is 1.20 bits per heavy atom. The summed E-state index contributed by atoms with van der Waals surface area (Å²) in [4.78, 5) is 25.2. The summed E-state index contributed by atoms with van der Waals surface area (Å²) < 4.78 is 12.5. The fourth-order valence-electron chi connectivity index (χ4n) is 2.45. The molecule has 0 amide bonds. The molecule has 6 nitrogen and oxygen atoms in total. The SMILES string of the molecule is COc1ccc(-n2c(Cl)cc(=O)n(-c3ccc(OC)cc3)c2=O)cc1. The molecule has 0 unspecified atom stereocenters. The Hall–Kier alpha value is -2.99. The normalized spacial score (nSPS) is 10.5. The molecule has 3 aromatic rings. The molecule has 0 radical (unpaired) electrons. The van der Waals surface area contributed by atoms with Gasteiger partial charge in [0.05, 0.1) is 25.6 Å². The highest BCUT2D eigenvalue weighted by Gasteiger charge is 2.13. The quantitative estimate of drug-likeness (QED) is 0.673. The molecular weight excluding hydrogens is 344 g/mol. The van der Waals surface area contributed by atoms with Gasteiger partial charge >= 0.3 is 5.69 Å². The topological polar surface area (TPSA) is 62.5 Å². The van der Waals surface area contributed by atoms with E-state index in [0.29, 0.717) is 22.9 Å². The Morgan fingerprint density at radius 1 is 0.760 bits per heavy atom. The van der Waals surface area contributed by atoms with E-state index in [-0.39, 0.29) is 5.15 Å². The lowest BCUT2D eigenvalue weighted by atomic mass is 10.3. The van der Waals surface area contributed by atoms with Gasteiger partial charge in [-0.1, -0.05) is 11.6 Å². The Morgan fingerprint density at radius 3 is 1.64 bits per heavy atom. The molecule has 0 bridgehead atoms. The summed E-state index contributed by atoms with van der Waals surface area (Å²) >= 11 is 6.15. The van der Waals surface area contributed by atoms with Gasteiger partial charge in [0.1, 0.15) is 16.7 Å². The fourth-order valence-corrected chi connectivity index (χ4v) is 2.71. The van der Waals surface area contributed by atoms with Crippen molar-refractivity contribution in [2.75, 3.05) is 14.2 Å². The Labute approximate surface area is 148 Å². The van der Waals surface area contributed by atoms with Gasteiger partial charge in [-0.15, -0.1) is 0 Å². The number of aromatic nitrogens is 2. The third kappa shape index (κ3) is 3.16. The molecule has 0 aliphatic carbocycles. The standard InChI is InChI=1S/C18H15ClN2O4/c1-24-14-7-3-12(4-8-14)20-16(19)11-17(22)21(18(20)23)13-5-9-15(25-2)10-6-13/h3-11H,1-2H3. The van der Waals surface area contributed by atoms with Crippen molar-refractivity contribution < 1.29 is 9.47 Å². The molecule has 0 fully saturated rings. The maximum absolute atomic E-state index is 12.9. The predicted octanol–water partition coefficient (Wildman–Crippen LogP) is 2.66. The van der Waals surface area contributed by atoms with Gasteiger partial charge in [-0.3, -0.25) is 9.36 Å². The van der Waals surface area contributed by atoms with Crippen LogP contribution >= 0.6 is 11.6 Å². The van der Waals surface area contributed by atoms with Crippen LogP contribution in [-0.2, 0) is 0 Å². The van der Waals surface area contributed by atoms with Crippen molar-refractivity contribution in [3.63, 3.8) is 0 Å². The van der Waals surface area contributed by atoms with Crippen molar-refractivity contribution >= 4 is 11.6 Å². The van der Waals surface area contributed by atoms with Crippen LogP contribution in [0.2, 0.25) is 5.15 Å². The first-order chi connectivity index (χ1) is 12.0. The zero-order valence-electron chi connectivity index (χ0n) is 13.6. The first-order valence-corrected chi connectivity index (χ1v) is 7.76. The second-order valence-corrected chi connectivity index (χ2v) is 5.54. The third-order valence-corrected chi connectivity index (χ3v) is 4.00. The highest BCUT2D eigenvalue weighted by molar-refractivity contribution is 6.29. The van der Waals surface area contributed by atoms with Crippen molar-refractivity contribution in [1.82, 2.24) is 9.13 Å². The van der Waals surface area contributed by atoms with E-state index in [9.17, 15) is 9.59 Å². The molecule has 1 heterocycles. The summed E-state index contributed by atoms with van der Waals surface area (Å²) in [5.74, 6) is 1.28. The maximum Gasteiger partial charge on any atom is 0.341 e. The van der Waals surface area contributed by atoms with E-state index in [4.69, 9.17) is 21.1 Å². The van der Waals surface area contributed by atoms with Gasteiger partial charge in [-0.05, 0) is 48.5 Å². The van der Waals surface area contributed by atoms with Crippen molar-refractivity contribution in [3.8, 4) is 22.9 Å². The lowest BCUT2D eigenvalue weighted by molar-refractivity contribution is 0.414. The van der Waals surface area contributed by atoms with Gasteiger partial charge < -0.3 is 9.47 Å². The van der Waals surface area contributed by atoms with Crippen LogP contribution in [0.1, 0.15) is 0 Å². The van der Waals surface area contributed by atoms with Gasteiger partial charge in [0.25, 0.3) is 5.56 Å². The van der Waals surface area contributed by atoms with Crippen LogP contribution in [0.5, 0.6) is 11.5 Å². The largest absolute Gasteiger partial charge is 0.497 e. The van der Waals surface area contributed by atoms with Crippen molar-refractivity contribution in [2.45, 2.75) is 0 Å². The molecular formula is C18H15ClN2O4. The summed E-state index contributed by atoms with van der Waals surface area (Å²) in [5, 5.41) is 0.0323. The zero-order chi connectivity index (χ0) is 18.0. The summed E-state index contributed by atoms with van der Waals surface area (Å²) in [5.41, 5.74) is -0.120. The minimum atomic E-state index is -0.562. The van der Waals surface area contributed by atoms with Crippen molar-refractivity contribution in [1.29, 1.82) is 0 Å². The van der Waals surface area contributed by atoms with Crippen molar-refractivity contribution in [2.24, 2.45) is 0 Å². The van der Waals surface area contributed by atoms with Gasteiger partial charge in [0.15, 0.2) is 0 Å². The minimum Gasteiger partial charge on any atom is -0.497 e. The molecule has 0 saturated heterocycles. The molecule has 0 atom stereocenters. The van der Waals surface area contributed by atoms with Crippen LogP contribution in [0.3, 0.4) is 0 Å². The summed E-state index contributed by atoms with van der Waals surface area (Å²) in [6.07, 6.45) is 0. The number of methoxy groups -OCH3 is 2. The molecule has 0 N–H and O–H groups in total. The maximum atomic E-state index is 12.9. The average molecular weight is 359 g/mol. The molecule has 0 aliphatic heterocycles. The van der Waals surface area contributed by atoms with Crippen molar-refractivity contribution in [3.05, 3.63) is 80.6 Å². The van der Waals surface area contributed by atoms with Gasteiger partial charge in [0, 0.05) is 6.07 Å². The smallest absolute Gasteiger partial charge is 0.341 e. The second kappa shape index (κ2) is 6.86. The number of ether oxygens (including phenoxy) is 2. The summed E-state index contributed by atoms with van der Waals surface area (Å²) in [6.45, 7) is 0. The van der Waals surface area contributed by atoms with E-state index in [1.165, 1.54) is 10.6 Å². The van der Waals surface area contributed by atoms with E-state index in [1.54, 1.807) is 62.8 Å². The number of hydrogen-bond acceptors (Lipinski definition) is 4. The third-order valence-electron chi connectivity index (χ3n) is 3.72. The lowest BCUT2D eigenvalue weighted by Crippen LogP contribution is -2.37. The summed E-state index contributed by atoms with van der Waals surface area (Å²) in [6, 6.07) is 14.6. The number of benzene rings is 2. The molecule has 3 rings (SSSR count).